The molecule has 1 fully saturated rings. The second-order valence-corrected chi connectivity index (χ2v) is 4.84. The highest BCUT2D eigenvalue weighted by atomic mass is 19.1. The minimum atomic E-state index is -0.0277. The van der Waals surface area contributed by atoms with E-state index in [9.17, 15) is 4.39 Å². The molecule has 1 aliphatic carbocycles. The predicted octanol–water partition coefficient (Wildman–Crippen LogP) is 1.72. The van der Waals surface area contributed by atoms with Crippen LogP contribution in [0, 0.1) is 5.82 Å². The summed E-state index contributed by atoms with van der Waals surface area (Å²) in [6, 6.07) is 6.53. The number of fused-ring (bicyclic) bond motifs is 1. The third-order valence-corrected chi connectivity index (χ3v) is 4.01. The van der Waals surface area contributed by atoms with E-state index in [0.29, 0.717) is 12.1 Å². The van der Waals surface area contributed by atoms with Gasteiger partial charge in [-0.15, -0.1) is 0 Å². The van der Waals surface area contributed by atoms with Crippen molar-refractivity contribution in [2.75, 3.05) is 20.1 Å². The summed E-state index contributed by atoms with van der Waals surface area (Å²) in [5.41, 5.74) is 2.14. The Kier molecular flexibility index (Phi) is 2.45. The Balaban J connectivity index is 1.87. The summed E-state index contributed by atoms with van der Waals surface area (Å²) >= 11 is 0. The molecule has 1 aromatic rings. The first-order valence-corrected chi connectivity index (χ1v) is 5.97. The molecule has 1 aliphatic heterocycles. The van der Waals surface area contributed by atoms with Gasteiger partial charge < -0.3 is 5.32 Å². The van der Waals surface area contributed by atoms with E-state index in [1.165, 1.54) is 5.56 Å². The number of nitrogens with zero attached hydrogens (tertiary/aromatic N) is 1. The van der Waals surface area contributed by atoms with Crippen molar-refractivity contribution >= 4 is 0 Å². The third-order valence-electron chi connectivity index (χ3n) is 4.01. The average molecular weight is 220 g/mol. The molecule has 3 heteroatoms. The number of halogens is 1. The fourth-order valence-electron chi connectivity index (χ4n) is 2.83. The van der Waals surface area contributed by atoms with Crippen LogP contribution in [0.2, 0.25) is 0 Å². The molecule has 2 aliphatic rings. The second kappa shape index (κ2) is 3.82. The minimum absolute atomic E-state index is 0.0277. The first kappa shape index (κ1) is 10.2. The molecular weight excluding hydrogens is 203 g/mol. The Morgan fingerprint density at radius 3 is 2.88 bits per heavy atom. The van der Waals surface area contributed by atoms with E-state index in [1.807, 2.05) is 6.07 Å². The van der Waals surface area contributed by atoms with E-state index in [4.69, 9.17) is 0 Å². The first-order valence-electron chi connectivity index (χ1n) is 5.97. The van der Waals surface area contributed by atoms with Gasteiger partial charge in [0.25, 0.3) is 0 Å². The smallest absolute Gasteiger partial charge is 0.126 e. The van der Waals surface area contributed by atoms with E-state index < -0.39 is 0 Å². The lowest BCUT2D eigenvalue weighted by atomic mass is 10.0. The molecule has 0 radical (unpaired) electrons. The molecule has 0 spiro atoms. The Morgan fingerprint density at radius 2 is 2.19 bits per heavy atom. The monoisotopic (exact) mass is 220 g/mol. The zero-order chi connectivity index (χ0) is 11.1. The lowest BCUT2D eigenvalue weighted by Gasteiger charge is -2.39. The quantitative estimate of drug-likeness (QED) is 0.816. The number of benzene rings is 1. The molecule has 0 bridgehead atoms. The van der Waals surface area contributed by atoms with Gasteiger partial charge in [-0.25, -0.2) is 4.39 Å². The Morgan fingerprint density at radius 1 is 1.38 bits per heavy atom. The van der Waals surface area contributed by atoms with Crippen LogP contribution in [-0.2, 0) is 6.42 Å². The summed E-state index contributed by atoms with van der Waals surface area (Å²) in [6.07, 6.45) is 1.94. The van der Waals surface area contributed by atoms with Crippen molar-refractivity contribution in [3.8, 4) is 0 Å². The maximum atomic E-state index is 13.6. The fraction of sp³-hybridized carbons (Fsp3) is 0.538. The lowest BCUT2D eigenvalue weighted by Crippen LogP contribution is -2.56. The van der Waals surface area contributed by atoms with Gasteiger partial charge in [0.2, 0.25) is 0 Å². The van der Waals surface area contributed by atoms with E-state index >= 15 is 0 Å². The van der Waals surface area contributed by atoms with Crippen molar-refractivity contribution in [3.63, 3.8) is 0 Å². The molecule has 86 valence electrons. The molecule has 1 atom stereocenters. The van der Waals surface area contributed by atoms with Gasteiger partial charge in [-0.1, -0.05) is 12.1 Å². The van der Waals surface area contributed by atoms with Gasteiger partial charge in [-0.3, -0.25) is 4.90 Å². The highest BCUT2D eigenvalue weighted by Gasteiger charge is 2.33. The van der Waals surface area contributed by atoms with E-state index in [2.05, 4.69) is 23.3 Å². The van der Waals surface area contributed by atoms with Crippen molar-refractivity contribution in [2.24, 2.45) is 0 Å². The van der Waals surface area contributed by atoms with E-state index in [1.54, 1.807) is 6.07 Å². The molecule has 16 heavy (non-hydrogen) atoms. The average Bonchev–Trinajstić information content (AvgIpc) is 2.59. The molecule has 1 saturated heterocycles. The molecular formula is C13H17FN2. The number of hydrogen-bond acceptors (Lipinski definition) is 2. The van der Waals surface area contributed by atoms with Crippen LogP contribution in [0.4, 0.5) is 4.39 Å². The molecule has 1 heterocycles. The summed E-state index contributed by atoms with van der Waals surface area (Å²) < 4.78 is 13.6. The SMILES string of the molecule is CN(C1CNC1)C1CCc2c(F)cccc21. The van der Waals surface area contributed by atoms with Gasteiger partial charge in [-0.05, 0) is 37.1 Å². The molecule has 1 unspecified atom stereocenters. The van der Waals surface area contributed by atoms with E-state index in [0.717, 1.165) is 31.5 Å². The summed E-state index contributed by atoms with van der Waals surface area (Å²) in [5, 5.41) is 3.29. The summed E-state index contributed by atoms with van der Waals surface area (Å²) in [6.45, 7) is 2.13. The van der Waals surface area contributed by atoms with Gasteiger partial charge in [0.05, 0.1) is 0 Å². The molecule has 0 amide bonds. The number of likely N-dealkylation sites (N-methyl/N-ethyl adjacent to an activating group) is 1. The van der Waals surface area contributed by atoms with Crippen molar-refractivity contribution in [3.05, 3.63) is 35.1 Å². The predicted molar refractivity (Wildman–Crippen MR) is 61.9 cm³/mol. The highest BCUT2D eigenvalue weighted by Crippen LogP contribution is 2.37. The number of rotatable bonds is 2. The van der Waals surface area contributed by atoms with E-state index in [-0.39, 0.29) is 5.82 Å². The molecule has 0 aromatic heterocycles. The van der Waals surface area contributed by atoms with Gasteiger partial charge >= 0.3 is 0 Å². The van der Waals surface area contributed by atoms with Crippen LogP contribution in [0.25, 0.3) is 0 Å². The van der Waals surface area contributed by atoms with Crippen molar-refractivity contribution in [1.82, 2.24) is 10.2 Å². The molecule has 3 rings (SSSR count). The van der Waals surface area contributed by atoms with Crippen LogP contribution in [0.15, 0.2) is 18.2 Å². The Hall–Kier alpha value is -0.930. The summed E-state index contributed by atoms with van der Waals surface area (Å²) in [5.74, 6) is -0.0277. The molecule has 0 saturated carbocycles. The van der Waals surface area contributed by atoms with Crippen molar-refractivity contribution in [1.29, 1.82) is 0 Å². The third kappa shape index (κ3) is 1.46. The van der Waals surface area contributed by atoms with Gasteiger partial charge in [0.15, 0.2) is 0 Å². The van der Waals surface area contributed by atoms with Crippen LogP contribution in [0.5, 0.6) is 0 Å². The lowest BCUT2D eigenvalue weighted by molar-refractivity contribution is 0.127. The topological polar surface area (TPSA) is 15.3 Å². The van der Waals surface area contributed by atoms with Gasteiger partial charge in [0, 0.05) is 25.2 Å². The van der Waals surface area contributed by atoms with Crippen LogP contribution in [0.3, 0.4) is 0 Å². The van der Waals surface area contributed by atoms with Crippen LogP contribution < -0.4 is 5.32 Å². The number of hydrogen-bond donors (Lipinski definition) is 1. The van der Waals surface area contributed by atoms with Gasteiger partial charge in [-0.2, -0.15) is 0 Å². The van der Waals surface area contributed by atoms with Crippen LogP contribution in [-0.4, -0.2) is 31.1 Å². The standard InChI is InChI=1S/C13H17FN2/c1-16(9-7-15-8-9)13-6-5-10-11(13)3-2-4-12(10)14/h2-4,9,13,15H,5-8H2,1H3. The largest absolute Gasteiger partial charge is 0.314 e. The Labute approximate surface area is 95.4 Å². The summed E-state index contributed by atoms with van der Waals surface area (Å²) in [7, 11) is 2.16. The zero-order valence-electron chi connectivity index (χ0n) is 9.54. The van der Waals surface area contributed by atoms with Crippen LogP contribution in [0.1, 0.15) is 23.6 Å². The van der Waals surface area contributed by atoms with Crippen molar-refractivity contribution < 1.29 is 4.39 Å². The molecule has 2 nitrogen and oxygen atoms in total. The first-order chi connectivity index (χ1) is 7.77. The summed E-state index contributed by atoms with van der Waals surface area (Å²) in [4.78, 5) is 2.40. The highest BCUT2D eigenvalue weighted by molar-refractivity contribution is 5.35. The molecule has 1 N–H and O–H groups in total. The number of nitrogens with one attached hydrogen (secondary N) is 1. The van der Waals surface area contributed by atoms with Crippen LogP contribution >= 0.6 is 0 Å². The minimum Gasteiger partial charge on any atom is -0.314 e. The van der Waals surface area contributed by atoms with Crippen molar-refractivity contribution in [2.45, 2.75) is 24.9 Å². The maximum absolute atomic E-state index is 13.6. The van der Waals surface area contributed by atoms with Gasteiger partial charge in [0.1, 0.15) is 5.82 Å². The Bertz CT molecular complexity index is 401. The fourth-order valence-corrected chi connectivity index (χ4v) is 2.83. The normalized spacial score (nSPS) is 24.6. The second-order valence-electron chi connectivity index (χ2n) is 4.84. The maximum Gasteiger partial charge on any atom is 0.126 e. The zero-order valence-corrected chi connectivity index (χ0v) is 9.54. The molecule has 1 aromatic carbocycles.